The zero-order chi connectivity index (χ0) is 22.6. The van der Waals surface area contributed by atoms with Gasteiger partial charge in [-0.2, -0.15) is 5.10 Å². The van der Waals surface area contributed by atoms with E-state index in [-0.39, 0.29) is 18.1 Å². The molecule has 0 bridgehead atoms. The summed E-state index contributed by atoms with van der Waals surface area (Å²) in [5, 5.41) is 6.90. The number of amides is 1. The van der Waals surface area contributed by atoms with Crippen molar-refractivity contribution in [1.82, 2.24) is 19.9 Å². The van der Waals surface area contributed by atoms with Crippen molar-refractivity contribution < 1.29 is 22.7 Å². The fourth-order valence-electron chi connectivity index (χ4n) is 3.26. The van der Waals surface area contributed by atoms with E-state index in [0.717, 1.165) is 27.9 Å². The Morgan fingerprint density at radius 2 is 1.69 bits per heavy atom. The van der Waals surface area contributed by atoms with Gasteiger partial charge in [0.1, 0.15) is 12.1 Å². The Bertz CT molecular complexity index is 1200. The molecule has 4 rings (SSSR count). The van der Waals surface area contributed by atoms with Crippen LogP contribution >= 0.6 is 0 Å². The van der Waals surface area contributed by atoms with Crippen LogP contribution in [0, 0.1) is 0 Å². The maximum atomic E-state index is 12.2. The van der Waals surface area contributed by atoms with Gasteiger partial charge in [-0.3, -0.25) is 4.79 Å². The molecule has 2 aromatic heterocycles. The van der Waals surface area contributed by atoms with Gasteiger partial charge in [-0.1, -0.05) is 36.4 Å². The molecule has 0 radical (unpaired) electrons. The molecule has 0 aliphatic rings. The number of carbonyl (C=O) groups excluding carboxylic acids is 1. The Morgan fingerprint density at radius 3 is 2.41 bits per heavy atom. The molecule has 1 amide bonds. The zero-order valence-electron chi connectivity index (χ0n) is 16.8. The highest BCUT2D eigenvalue weighted by Gasteiger charge is 2.30. The van der Waals surface area contributed by atoms with E-state index in [0.29, 0.717) is 13.0 Å². The maximum absolute atomic E-state index is 12.2. The summed E-state index contributed by atoms with van der Waals surface area (Å²) in [5.41, 5.74) is 4.46. The lowest BCUT2D eigenvalue weighted by Crippen LogP contribution is -2.27. The molecular formula is C23H19F3N4O2. The first-order chi connectivity index (χ1) is 15.4. The van der Waals surface area contributed by atoms with Gasteiger partial charge < -0.3 is 10.1 Å². The van der Waals surface area contributed by atoms with Gasteiger partial charge in [-0.05, 0) is 52.9 Å². The predicted octanol–water partition coefficient (Wildman–Crippen LogP) is 4.20. The van der Waals surface area contributed by atoms with Crippen LogP contribution in [-0.4, -0.2) is 33.4 Å². The number of ether oxygens (including phenoxy) is 1. The van der Waals surface area contributed by atoms with Gasteiger partial charge in [0.2, 0.25) is 5.91 Å². The largest absolute Gasteiger partial charge is 0.573 e. The molecule has 0 spiro atoms. The molecule has 0 saturated heterocycles. The number of hydrogen-bond donors (Lipinski definition) is 1. The molecule has 0 aliphatic heterocycles. The Labute approximate surface area is 181 Å². The van der Waals surface area contributed by atoms with E-state index in [1.54, 1.807) is 16.6 Å². The summed E-state index contributed by atoms with van der Waals surface area (Å²) in [5.74, 6) is -0.394. The number of aromatic nitrogens is 3. The number of nitrogens with one attached hydrogen (secondary N) is 1. The molecular weight excluding hydrogens is 421 g/mol. The lowest BCUT2D eigenvalue weighted by Gasteiger charge is -2.10. The van der Waals surface area contributed by atoms with Gasteiger partial charge in [0.15, 0.2) is 5.65 Å². The minimum atomic E-state index is -4.71. The Kier molecular flexibility index (Phi) is 6.07. The predicted molar refractivity (Wildman–Crippen MR) is 112 cm³/mol. The van der Waals surface area contributed by atoms with Crippen molar-refractivity contribution in [2.75, 3.05) is 6.54 Å². The first-order valence-electron chi connectivity index (χ1n) is 9.86. The van der Waals surface area contributed by atoms with Crippen molar-refractivity contribution >= 4 is 11.6 Å². The van der Waals surface area contributed by atoms with E-state index < -0.39 is 6.36 Å². The van der Waals surface area contributed by atoms with Crippen LogP contribution in [0.3, 0.4) is 0 Å². The number of nitrogens with zero attached hydrogens (tertiary/aromatic N) is 3. The summed E-state index contributed by atoms with van der Waals surface area (Å²) >= 11 is 0. The monoisotopic (exact) mass is 440 g/mol. The maximum Gasteiger partial charge on any atom is 0.573 e. The van der Waals surface area contributed by atoms with Crippen molar-refractivity contribution in [2.45, 2.75) is 19.2 Å². The summed E-state index contributed by atoms with van der Waals surface area (Å²) in [6.45, 7) is 0.384. The minimum absolute atomic E-state index is 0.125. The average molecular weight is 440 g/mol. The first kappa shape index (κ1) is 21.4. The minimum Gasteiger partial charge on any atom is -0.406 e. The van der Waals surface area contributed by atoms with Crippen LogP contribution in [-0.2, 0) is 17.6 Å². The highest BCUT2D eigenvalue weighted by atomic mass is 19.4. The van der Waals surface area contributed by atoms with E-state index in [4.69, 9.17) is 0 Å². The smallest absolute Gasteiger partial charge is 0.406 e. The van der Waals surface area contributed by atoms with E-state index in [1.165, 1.54) is 18.5 Å². The Hall–Kier alpha value is -3.88. The van der Waals surface area contributed by atoms with Crippen molar-refractivity contribution in [3.8, 4) is 16.9 Å². The third-order valence-electron chi connectivity index (χ3n) is 4.83. The molecule has 0 fully saturated rings. The fourth-order valence-corrected chi connectivity index (χ4v) is 3.26. The van der Waals surface area contributed by atoms with Crippen molar-refractivity contribution in [3.05, 3.63) is 84.3 Å². The highest BCUT2D eigenvalue weighted by molar-refractivity contribution is 5.79. The second kappa shape index (κ2) is 9.09. The third kappa shape index (κ3) is 5.63. The molecule has 2 aromatic carbocycles. The number of hydrogen-bond acceptors (Lipinski definition) is 4. The number of carbonyl (C=O) groups is 1. The van der Waals surface area contributed by atoms with Crippen LogP contribution in [0.25, 0.3) is 16.8 Å². The third-order valence-corrected chi connectivity index (χ3v) is 4.83. The Balaban J connectivity index is 1.26. The normalized spacial score (nSPS) is 11.5. The van der Waals surface area contributed by atoms with E-state index >= 15 is 0 Å². The quantitative estimate of drug-likeness (QED) is 0.468. The van der Waals surface area contributed by atoms with Crippen LogP contribution in [0.1, 0.15) is 11.1 Å². The van der Waals surface area contributed by atoms with E-state index in [9.17, 15) is 18.0 Å². The lowest BCUT2D eigenvalue weighted by atomic mass is 10.0. The van der Waals surface area contributed by atoms with Crippen LogP contribution < -0.4 is 10.1 Å². The molecule has 0 aliphatic carbocycles. The summed E-state index contributed by atoms with van der Waals surface area (Å²) in [6.07, 6.45) is -0.628. The summed E-state index contributed by atoms with van der Waals surface area (Å²) < 4.78 is 42.1. The van der Waals surface area contributed by atoms with Crippen LogP contribution in [0.15, 0.2) is 73.2 Å². The summed E-state index contributed by atoms with van der Waals surface area (Å²) in [4.78, 5) is 16.4. The topological polar surface area (TPSA) is 68.5 Å². The van der Waals surface area contributed by atoms with E-state index in [2.05, 4.69) is 20.1 Å². The van der Waals surface area contributed by atoms with Gasteiger partial charge in [0.25, 0.3) is 0 Å². The second-order valence-electron chi connectivity index (χ2n) is 7.14. The van der Waals surface area contributed by atoms with E-state index in [1.807, 2.05) is 42.6 Å². The number of fused-ring (bicyclic) bond motifs is 1. The molecule has 4 aromatic rings. The number of pyridine rings is 1. The van der Waals surface area contributed by atoms with Gasteiger partial charge in [-0.25, -0.2) is 9.50 Å². The standard InChI is InChI=1S/C23H19F3N4O2/c24-23(25,26)32-20-7-3-16(4-8-20)9-11-27-22(31)13-17-1-5-18(6-2-17)19-10-12-30-21(14-19)28-15-29-30/h1-8,10,12,14-15H,9,11,13H2,(H,27,31). The number of rotatable bonds is 7. The molecule has 164 valence electrons. The molecule has 0 atom stereocenters. The van der Waals surface area contributed by atoms with Crippen molar-refractivity contribution in [1.29, 1.82) is 0 Å². The Morgan fingerprint density at radius 1 is 0.969 bits per heavy atom. The average Bonchev–Trinajstić information content (AvgIpc) is 3.22. The molecule has 0 unspecified atom stereocenters. The molecule has 32 heavy (non-hydrogen) atoms. The number of benzene rings is 2. The van der Waals surface area contributed by atoms with Crippen molar-refractivity contribution in [3.63, 3.8) is 0 Å². The summed E-state index contributed by atoms with van der Waals surface area (Å²) in [6, 6.07) is 17.2. The van der Waals surface area contributed by atoms with Crippen LogP contribution in [0.2, 0.25) is 0 Å². The van der Waals surface area contributed by atoms with Gasteiger partial charge in [-0.15, -0.1) is 13.2 Å². The second-order valence-corrected chi connectivity index (χ2v) is 7.14. The van der Waals surface area contributed by atoms with Gasteiger partial charge in [0.05, 0.1) is 6.42 Å². The lowest BCUT2D eigenvalue weighted by molar-refractivity contribution is -0.274. The molecule has 6 nitrogen and oxygen atoms in total. The van der Waals surface area contributed by atoms with Crippen LogP contribution in [0.4, 0.5) is 13.2 Å². The van der Waals surface area contributed by atoms with Crippen LogP contribution in [0.5, 0.6) is 5.75 Å². The van der Waals surface area contributed by atoms with Gasteiger partial charge >= 0.3 is 6.36 Å². The summed E-state index contributed by atoms with van der Waals surface area (Å²) in [7, 11) is 0. The highest BCUT2D eigenvalue weighted by Crippen LogP contribution is 2.23. The SMILES string of the molecule is O=C(Cc1ccc(-c2ccn3ncnc3c2)cc1)NCCc1ccc(OC(F)(F)F)cc1. The fraction of sp³-hybridized carbons (Fsp3) is 0.174. The zero-order valence-corrected chi connectivity index (χ0v) is 16.8. The molecule has 9 heteroatoms. The number of alkyl halides is 3. The molecule has 1 N–H and O–H groups in total. The molecule has 0 saturated carbocycles. The first-order valence-corrected chi connectivity index (χ1v) is 9.86. The van der Waals surface area contributed by atoms with Crippen molar-refractivity contribution in [2.24, 2.45) is 0 Å². The molecule has 2 heterocycles. The number of halogens is 3. The van der Waals surface area contributed by atoms with Gasteiger partial charge in [0, 0.05) is 12.7 Å².